The Kier molecular flexibility index (Phi) is 7.32. The summed E-state index contributed by atoms with van der Waals surface area (Å²) in [6.45, 7) is 3.03. The largest absolute Gasteiger partial charge is 0.439 e. The summed E-state index contributed by atoms with van der Waals surface area (Å²) in [6, 6.07) is 5.17. The molecule has 1 aliphatic heterocycles. The zero-order valence-electron chi connectivity index (χ0n) is 24.9. The molecule has 2 N–H and O–H groups in total. The molecular formula is C30H33F3N10O2. The summed E-state index contributed by atoms with van der Waals surface area (Å²) in [4.78, 5) is 35.7. The van der Waals surface area contributed by atoms with Crippen molar-refractivity contribution in [3.8, 4) is 11.6 Å². The number of piperidine rings is 1. The van der Waals surface area contributed by atoms with Gasteiger partial charge in [0.05, 0.1) is 18.2 Å². The summed E-state index contributed by atoms with van der Waals surface area (Å²) in [7, 11) is 1.96. The highest BCUT2D eigenvalue weighted by Crippen LogP contribution is 2.39. The topological polar surface area (TPSA) is 136 Å². The molecule has 2 atom stereocenters. The lowest BCUT2D eigenvalue weighted by Gasteiger charge is -2.36. The van der Waals surface area contributed by atoms with Gasteiger partial charge in [-0.2, -0.15) is 18.2 Å². The first-order chi connectivity index (χ1) is 21.7. The van der Waals surface area contributed by atoms with Crippen LogP contribution in [0.25, 0.3) is 22.8 Å². The normalized spacial score (nSPS) is 18.3. The maximum Gasteiger partial charge on any atom is 0.439 e. The molecule has 1 aromatic carbocycles. The number of imidazole rings is 2. The van der Waals surface area contributed by atoms with Gasteiger partial charge < -0.3 is 19.4 Å². The van der Waals surface area contributed by atoms with Gasteiger partial charge in [0.1, 0.15) is 11.3 Å². The van der Waals surface area contributed by atoms with E-state index in [1.807, 2.05) is 22.4 Å². The average Bonchev–Trinajstić information content (AvgIpc) is 3.70. The minimum atomic E-state index is -4.43. The summed E-state index contributed by atoms with van der Waals surface area (Å²) < 4.78 is 48.9. The van der Waals surface area contributed by atoms with Crippen molar-refractivity contribution in [1.29, 1.82) is 0 Å². The molecule has 2 fully saturated rings. The minimum Gasteiger partial charge on any atom is -0.365 e. The standard InChI is InChI=1S/C30H33F3N10O2/c1-17(19-6-5-7-19)35-23-22-24(37-25(36-23)26-39-29(44)45-40-26)38-28(42-14-4-3-8-21(42)27-34-13-15-41(27)2)43(22)16-18-9-11-20(12-10-18)30(31,32)33/h9-13,15,17,19,21H,3-8,14,16H2,1-2H3,(H,35,36,37)(H,39,40,44)/t17-,21?/m1/s1. The number of nitrogens with one attached hydrogen (secondary N) is 2. The van der Waals surface area contributed by atoms with Gasteiger partial charge in [-0.1, -0.05) is 23.7 Å². The number of anilines is 2. The Morgan fingerprint density at radius 3 is 2.53 bits per heavy atom. The van der Waals surface area contributed by atoms with E-state index in [0.29, 0.717) is 41.0 Å². The van der Waals surface area contributed by atoms with E-state index in [9.17, 15) is 18.0 Å². The van der Waals surface area contributed by atoms with Crippen LogP contribution in [0.5, 0.6) is 0 Å². The Morgan fingerprint density at radius 1 is 1.09 bits per heavy atom. The number of rotatable bonds is 8. The highest BCUT2D eigenvalue weighted by molar-refractivity contribution is 5.87. The molecule has 0 amide bonds. The maximum absolute atomic E-state index is 13.4. The van der Waals surface area contributed by atoms with Crippen LogP contribution in [0.3, 0.4) is 0 Å². The summed E-state index contributed by atoms with van der Waals surface area (Å²) in [5.41, 5.74) is 0.921. The second-order valence-corrected chi connectivity index (χ2v) is 11.9. The molecular weight excluding hydrogens is 589 g/mol. The van der Waals surface area contributed by atoms with Crippen LogP contribution in [0.15, 0.2) is 46.0 Å². The Labute approximate surface area is 255 Å². The molecule has 1 saturated heterocycles. The summed E-state index contributed by atoms with van der Waals surface area (Å²) in [5, 5.41) is 7.38. The second kappa shape index (κ2) is 11.3. The summed E-state index contributed by atoms with van der Waals surface area (Å²) in [5.74, 6) is 1.95. The van der Waals surface area contributed by atoms with Crippen LogP contribution < -0.4 is 16.0 Å². The van der Waals surface area contributed by atoms with E-state index in [-0.39, 0.29) is 30.3 Å². The Hall–Kier alpha value is -4.69. The van der Waals surface area contributed by atoms with Gasteiger partial charge in [0, 0.05) is 32.0 Å². The van der Waals surface area contributed by atoms with Gasteiger partial charge in [-0.3, -0.25) is 9.51 Å². The minimum absolute atomic E-state index is 0.0731. The maximum atomic E-state index is 13.4. The molecule has 5 heterocycles. The van der Waals surface area contributed by atoms with E-state index in [1.165, 1.54) is 18.6 Å². The van der Waals surface area contributed by atoms with Crippen molar-refractivity contribution in [2.45, 2.75) is 70.3 Å². The zero-order chi connectivity index (χ0) is 31.3. The van der Waals surface area contributed by atoms with Crippen LogP contribution >= 0.6 is 0 Å². The molecule has 0 bridgehead atoms. The molecule has 45 heavy (non-hydrogen) atoms. The number of aryl methyl sites for hydroxylation is 1. The van der Waals surface area contributed by atoms with Gasteiger partial charge in [-0.05, 0) is 62.6 Å². The fraction of sp³-hybridized carbons (Fsp3) is 0.467. The number of aromatic amines is 1. The number of benzene rings is 1. The fourth-order valence-corrected chi connectivity index (χ4v) is 6.32. The third kappa shape index (κ3) is 5.55. The van der Waals surface area contributed by atoms with Crippen LogP contribution in [0.2, 0.25) is 0 Å². The van der Waals surface area contributed by atoms with E-state index in [2.05, 4.69) is 32.3 Å². The fourth-order valence-electron chi connectivity index (χ4n) is 6.32. The molecule has 1 unspecified atom stereocenters. The van der Waals surface area contributed by atoms with E-state index < -0.39 is 17.5 Å². The highest BCUT2D eigenvalue weighted by Gasteiger charge is 2.34. The Morgan fingerprint density at radius 2 is 1.89 bits per heavy atom. The molecule has 4 aromatic heterocycles. The molecule has 236 valence electrons. The Balaban J connectivity index is 1.41. The lowest BCUT2D eigenvalue weighted by atomic mass is 9.80. The molecule has 12 nitrogen and oxygen atoms in total. The number of fused-ring (bicyclic) bond motifs is 1. The predicted molar refractivity (Wildman–Crippen MR) is 160 cm³/mol. The SMILES string of the molecule is C[C@@H](Nc1nc(-c2noc(=O)[nH]2)nc2nc(N3CCCCC3c3nccn3C)n(Cc3ccc(C(F)(F)F)cc3)c12)C1CCC1. The van der Waals surface area contributed by atoms with Gasteiger partial charge in [0.25, 0.3) is 0 Å². The predicted octanol–water partition coefficient (Wildman–Crippen LogP) is 5.30. The van der Waals surface area contributed by atoms with Gasteiger partial charge in [0.15, 0.2) is 11.5 Å². The lowest BCUT2D eigenvalue weighted by Crippen LogP contribution is -2.37. The van der Waals surface area contributed by atoms with E-state index in [4.69, 9.17) is 19.5 Å². The van der Waals surface area contributed by atoms with Crippen molar-refractivity contribution in [3.63, 3.8) is 0 Å². The van der Waals surface area contributed by atoms with Gasteiger partial charge >= 0.3 is 11.9 Å². The van der Waals surface area contributed by atoms with Gasteiger partial charge in [-0.15, -0.1) is 0 Å². The zero-order valence-corrected chi connectivity index (χ0v) is 24.9. The first kappa shape index (κ1) is 29.0. The van der Waals surface area contributed by atoms with Crippen LogP contribution in [0.1, 0.15) is 68.4 Å². The monoisotopic (exact) mass is 622 g/mol. The first-order valence-corrected chi connectivity index (χ1v) is 15.2. The quantitative estimate of drug-likeness (QED) is 0.236. The number of hydrogen-bond donors (Lipinski definition) is 2. The summed E-state index contributed by atoms with van der Waals surface area (Å²) in [6.07, 6.45) is 5.42. The van der Waals surface area contributed by atoms with E-state index >= 15 is 0 Å². The van der Waals surface area contributed by atoms with Crippen LogP contribution in [0, 0.1) is 5.92 Å². The molecule has 1 aliphatic carbocycles. The van der Waals surface area contributed by atoms with Crippen molar-refractivity contribution >= 4 is 22.9 Å². The molecule has 0 radical (unpaired) electrons. The first-order valence-electron chi connectivity index (χ1n) is 15.2. The smallest absolute Gasteiger partial charge is 0.365 e. The number of alkyl halides is 3. The number of hydrogen-bond acceptors (Lipinski definition) is 9. The molecule has 0 spiro atoms. The number of nitrogens with zero attached hydrogens (tertiary/aromatic N) is 8. The molecule has 5 aromatic rings. The highest BCUT2D eigenvalue weighted by atomic mass is 19.4. The number of aromatic nitrogens is 8. The second-order valence-electron chi connectivity index (χ2n) is 11.9. The summed E-state index contributed by atoms with van der Waals surface area (Å²) >= 11 is 0. The molecule has 15 heteroatoms. The molecule has 7 rings (SSSR count). The van der Waals surface area contributed by atoms with Crippen molar-refractivity contribution in [2.24, 2.45) is 13.0 Å². The van der Waals surface area contributed by atoms with Gasteiger partial charge in [0.2, 0.25) is 17.6 Å². The van der Waals surface area contributed by atoms with Crippen molar-refractivity contribution in [2.75, 3.05) is 16.8 Å². The van der Waals surface area contributed by atoms with E-state index in [1.54, 1.807) is 6.20 Å². The lowest BCUT2D eigenvalue weighted by molar-refractivity contribution is -0.137. The average molecular weight is 623 g/mol. The third-order valence-electron chi connectivity index (χ3n) is 8.99. The number of halogens is 3. The van der Waals surface area contributed by atoms with Crippen molar-refractivity contribution < 1.29 is 17.7 Å². The van der Waals surface area contributed by atoms with Crippen molar-refractivity contribution in [1.82, 2.24) is 39.2 Å². The molecule has 1 saturated carbocycles. The van der Waals surface area contributed by atoms with Gasteiger partial charge in [-0.25, -0.2) is 19.7 Å². The van der Waals surface area contributed by atoms with Crippen LogP contribution in [0.4, 0.5) is 24.9 Å². The van der Waals surface area contributed by atoms with Crippen LogP contribution in [-0.4, -0.2) is 51.8 Å². The van der Waals surface area contributed by atoms with E-state index in [0.717, 1.165) is 50.1 Å². The Bertz CT molecular complexity index is 1870. The molecule has 2 aliphatic rings. The van der Waals surface area contributed by atoms with Crippen LogP contribution in [-0.2, 0) is 19.8 Å². The number of H-pyrrole nitrogens is 1. The van der Waals surface area contributed by atoms with Crippen molar-refractivity contribution in [3.05, 3.63) is 64.2 Å². The third-order valence-corrected chi connectivity index (χ3v) is 8.99.